The third-order valence-electron chi connectivity index (χ3n) is 2.68. The monoisotopic (exact) mass is 258 g/mol. The van der Waals surface area contributed by atoms with Crippen molar-refractivity contribution in [1.82, 2.24) is 9.55 Å². The van der Waals surface area contributed by atoms with Gasteiger partial charge in [-0.05, 0) is 28.8 Å². The Labute approximate surface area is 92.3 Å². The summed E-state index contributed by atoms with van der Waals surface area (Å²) >= 11 is 3.42. The summed E-state index contributed by atoms with van der Waals surface area (Å²) in [6.07, 6.45) is 1.54. The molecule has 78 valence electrons. The van der Waals surface area contributed by atoms with Crippen molar-refractivity contribution in [2.24, 2.45) is 0 Å². The highest BCUT2D eigenvalue weighted by Gasteiger charge is 2.26. The highest BCUT2D eigenvalue weighted by molar-refractivity contribution is 9.10. The molecule has 0 spiro atoms. The summed E-state index contributed by atoms with van der Waals surface area (Å²) in [6, 6.07) is 0. The van der Waals surface area contributed by atoms with Gasteiger partial charge in [0.25, 0.3) is 0 Å². The quantitative estimate of drug-likeness (QED) is 0.841. The van der Waals surface area contributed by atoms with Gasteiger partial charge in [0.2, 0.25) is 0 Å². The second-order valence-corrected chi connectivity index (χ2v) is 4.86. The molecule has 0 aromatic carbocycles. The van der Waals surface area contributed by atoms with E-state index >= 15 is 0 Å². The molecule has 14 heavy (non-hydrogen) atoms. The molecule has 0 fully saturated rings. The summed E-state index contributed by atoms with van der Waals surface area (Å²) in [5, 5.41) is 9.85. The smallest absolute Gasteiger partial charge is 0.130 e. The first kappa shape index (κ1) is 10.2. The molecule has 1 aromatic heterocycles. The zero-order valence-corrected chi connectivity index (χ0v) is 10.1. The molecule has 0 amide bonds. The van der Waals surface area contributed by atoms with Crippen LogP contribution in [0.15, 0.2) is 4.60 Å². The minimum atomic E-state index is -0.349. The number of aliphatic hydroxyl groups is 1. The van der Waals surface area contributed by atoms with Crippen molar-refractivity contribution in [2.75, 3.05) is 0 Å². The molecule has 2 heterocycles. The first-order valence-electron chi connectivity index (χ1n) is 5.05. The topological polar surface area (TPSA) is 38.0 Å². The molecular formula is C10H15BrN2O. The summed E-state index contributed by atoms with van der Waals surface area (Å²) in [7, 11) is 0. The lowest BCUT2D eigenvalue weighted by molar-refractivity contribution is 0.137. The lowest BCUT2D eigenvalue weighted by Gasteiger charge is -2.22. The van der Waals surface area contributed by atoms with Gasteiger partial charge < -0.3 is 9.67 Å². The first-order chi connectivity index (χ1) is 6.61. The minimum Gasteiger partial charge on any atom is -0.387 e. The van der Waals surface area contributed by atoms with Crippen LogP contribution in [0.5, 0.6) is 0 Å². The van der Waals surface area contributed by atoms with Crippen molar-refractivity contribution in [3.05, 3.63) is 16.1 Å². The second-order valence-electron chi connectivity index (χ2n) is 4.11. The number of aliphatic hydroxyl groups excluding tert-OH is 1. The number of fused-ring (bicyclic) bond motifs is 1. The van der Waals surface area contributed by atoms with Crippen LogP contribution in [0.4, 0.5) is 0 Å². The number of hydrogen-bond donors (Lipinski definition) is 1. The van der Waals surface area contributed by atoms with Crippen LogP contribution < -0.4 is 0 Å². The van der Waals surface area contributed by atoms with E-state index in [1.807, 2.05) is 0 Å². The number of imidazole rings is 1. The van der Waals surface area contributed by atoms with E-state index < -0.39 is 0 Å². The van der Waals surface area contributed by atoms with Crippen LogP contribution in [0.25, 0.3) is 0 Å². The number of hydrogen-bond acceptors (Lipinski definition) is 2. The van der Waals surface area contributed by atoms with Gasteiger partial charge >= 0.3 is 0 Å². The van der Waals surface area contributed by atoms with Crippen LogP contribution in [-0.4, -0.2) is 14.7 Å². The Morgan fingerprint density at radius 1 is 1.57 bits per heavy atom. The van der Waals surface area contributed by atoms with E-state index in [0.29, 0.717) is 5.92 Å². The van der Waals surface area contributed by atoms with Gasteiger partial charge in [-0.25, -0.2) is 4.98 Å². The highest BCUT2D eigenvalue weighted by atomic mass is 79.9. The molecule has 1 aliphatic heterocycles. The first-order valence-corrected chi connectivity index (χ1v) is 5.84. The fourth-order valence-corrected chi connectivity index (χ4v) is 2.69. The molecule has 1 atom stereocenters. The molecule has 1 N–H and O–H groups in total. The summed E-state index contributed by atoms with van der Waals surface area (Å²) in [4.78, 5) is 4.46. The minimum absolute atomic E-state index is 0.349. The molecule has 3 nitrogen and oxygen atoms in total. The maximum Gasteiger partial charge on any atom is 0.130 e. The highest BCUT2D eigenvalue weighted by Crippen LogP contribution is 2.33. The predicted octanol–water partition coefficient (Wildman–Crippen LogP) is 2.60. The number of nitrogens with zero attached hydrogens (tertiary/aromatic N) is 2. The van der Waals surface area contributed by atoms with E-state index in [2.05, 4.69) is 39.3 Å². The van der Waals surface area contributed by atoms with Crippen molar-refractivity contribution in [1.29, 1.82) is 0 Å². The summed E-state index contributed by atoms with van der Waals surface area (Å²) in [5.74, 6) is 1.48. The predicted molar refractivity (Wildman–Crippen MR) is 58.2 cm³/mol. The van der Waals surface area contributed by atoms with E-state index in [4.69, 9.17) is 0 Å². The van der Waals surface area contributed by atoms with E-state index in [9.17, 15) is 5.11 Å². The third kappa shape index (κ3) is 1.50. The second kappa shape index (κ2) is 3.66. The molecule has 0 aliphatic carbocycles. The van der Waals surface area contributed by atoms with E-state index in [-0.39, 0.29) is 6.10 Å². The third-order valence-corrected chi connectivity index (χ3v) is 3.27. The summed E-state index contributed by atoms with van der Waals surface area (Å²) < 4.78 is 2.97. The average molecular weight is 259 g/mol. The maximum atomic E-state index is 9.85. The molecule has 0 radical (unpaired) electrons. The number of aromatic nitrogens is 2. The van der Waals surface area contributed by atoms with Gasteiger partial charge in [-0.3, -0.25) is 0 Å². The Balaban J connectivity index is 2.52. The van der Waals surface area contributed by atoms with E-state index in [0.717, 1.165) is 35.5 Å². The molecule has 1 aliphatic rings. The Kier molecular flexibility index (Phi) is 2.66. The van der Waals surface area contributed by atoms with Crippen molar-refractivity contribution < 1.29 is 5.11 Å². The lowest BCUT2D eigenvalue weighted by Crippen LogP contribution is -2.17. The van der Waals surface area contributed by atoms with Crippen LogP contribution >= 0.6 is 15.9 Å². The molecule has 0 saturated carbocycles. The summed E-state index contributed by atoms with van der Waals surface area (Å²) in [6.45, 7) is 5.24. The zero-order valence-electron chi connectivity index (χ0n) is 8.50. The number of halogens is 1. The van der Waals surface area contributed by atoms with Crippen molar-refractivity contribution in [3.8, 4) is 0 Å². The van der Waals surface area contributed by atoms with Crippen LogP contribution in [0.2, 0.25) is 0 Å². The fraction of sp³-hybridized carbons (Fsp3) is 0.700. The largest absolute Gasteiger partial charge is 0.387 e. The number of rotatable bonds is 1. The van der Waals surface area contributed by atoms with Crippen LogP contribution in [0.3, 0.4) is 0 Å². The Morgan fingerprint density at radius 2 is 2.29 bits per heavy atom. The average Bonchev–Trinajstić information content (AvgIpc) is 2.45. The zero-order chi connectivity index (χ0) is 10.3. The van der Waals surface area contributed by atoms with Crippen LogP contribution in [0, 0.1) is 0 Å². The van der Waals surface area contributed by atoms with Crippen molar-refractivity contribution in [3.63, 3.8) is 0 Å². The van der Waals surface area contributed by atoms with Crippen molar-refractivity contribution in [2.45, 2.75) is 45.3 Å². The molecule has 1 aromatic rings. The lowest BCUT2D eigenvalue weighted by atomic mass is 10.1. The maximum absolute atomic E-state index is 9.85. The molecule has 4 heteroatoms. The summed E-state index contributed by atoms with van der Waals surface area (Å²) in [5.41, 5.74) is 0.958. The van der Waals surface area contributed by atoms with Crippen molar-refractivity contribution >= 4 is 15.9 Å². The van der Waals surface area contributed by atoms with Gasteiger partial charge in [-0.15, -0.1) is 0 Å². The molecule has 2 rings (SSSR count). The molecule has 1 unspecified atom stereocenters. The molecular weight excluding hydrogens is 244 g/mol. The Hall–Kier alpha value is -0.350. The fourth-order valence-electron chi connectivity index (χ4n) is 2.03. The van der Waals surface area contributed by atoms with E-state index in [1.54, 1.807) is 0 Å². The molecule has 0 bridgehead atoms. The van der Waals surface area contributed by atoms with Gasteiger partial charge in [-0.1, -0.05) is 13.8 Å². The van der Waals surface area contributed by atoms with Gasteiger partial charge in [0, 0.05) is 12.5 Å². The SMILES string of the molecule is CC(C)c1nc(Br)c2n1CCCC2O. The van der Waals surface area contributed by atoms with Gasteiger partial charge in [0.15, 0.2) is 0 Å². The van der Waals surface area contributed by atoms with Gasteiger partial charge in [0.1, 0.15) is 10.4 Å². The van der Waals surface area contributed by atoms with E-state index in [1.165, 1.54) is 0 Å². The van der Waals surface area contributed by atoms with Crippen LogP contribution in [-0.2, 0) is 6.54 Å². The van der Waals surface area contributed by atoms with Gasteiger partial charge in [0.05, 0.1) is 11.8 Å². The van der Waals surface area contributed by atoms with Crippen LogP contribution in [0.1, 0.15) is 50.2 Å². The van der Waals surface area contributed by atoms with Gasteiger partial charge in [-0.2, -0.15) is 0 Å². The standard InChI is InChI=1S/C10H15BrN2O/c1-6(2)10-12-9(11)8-7(14)4-3-5-13(8)10/h6-7,14H,3-5H2,1-2H3. The Morgan fingerprint density at radius 3 is 2.93 bits per heavy atom. The molecule has 0 saturated heterocycles. The normalized spacial score (nSPS) is 21.4. The Bertz CT molecular complexity index is 346.